The topological polar surface area (TPSA) is 72.8 Å². The molecule has 0 aliphatic rings. The fraction of sp³-hybridized carbons (Fsp3) is 0.727. The van der Waals surface area contributed by atoms with Gasteiger partial charge in [-0.05, 0) is 57.8 Å². The van der Waals surface area contributed by atoms with Gasteiger partial charge in [0.1, 0.15) is 6.61 Å². The Labute approximate surface area is 302 Å². The summed E-state index contributed by atoms with van der Waals surface area (Å²) in [5.74, 6) is -0.612. The van der Waals surface area contributed by atoms with E-state index in [4.69, 9.17) is 9.47 Å². The monoisotopic (exact) mass is 685 g/mol. The van der Waals surface area contributed by atoms with Gasteiger partial charge in [-0.1, -0.05) is 177 Å². The number of hydrogen-bond donors (Lipinski definition) is 1. The molecule has 282 valence electrons. The van der Waals surface area contributed by atoms with Gasteiger partial charge < -0.3 is 14.6 Å². The fourth-order valence-corrected chi connectivity index (χ4v) is 5.52. The van der Waals surface area contributed by atoms with Gasteiger partial charge in [-0.25, -0.2) is 0 Å². The number of aliphatic hydroxyl groups excluding tert-OH is 1. The summed E-state index contributed by atoms with van der Waals surface area (Å²) in [5.41, 5.74) is 0. The Morgan fingerprint density at radius 2 is 0.878 bits per heavy atom. The largest absolute Gasteiger partial charge is 0.462 e. The lowest BCUT2D eigenvalue weighted by Gasteiger charge is -2.15. The molecule has 0 aliphatic heterocycles. The van der Waals surface area contributed by atoms with Crippen LogP contribution in [0.4, 0.5) is 0 Å². The van der Waals surface area contributed by atoms with Crippen molar-refractivity contribution in [1.29, 1.82) is 0 Å². The number of carbonyl (C=O) groups is 2. The summed E-state index contributed by atoms with van der Waals surface area (Å²) in [6.45, 7) is 4.01. The summed E-state index contributed by atoms with van der Waals surface area (Å²) in [6.07, 6.45) is 51.4. The molecular formula is C44H76O5. The van der Waals surface area contributed by atoms with Crippen molar-refractivity contribution < 1.29 is 24.2 Å². The van der Waals surface area contributed by atoms with Crippen molar-refractivity contribution in [3.63, 3.8) is 0 Å². The van der Waals surface area contributed by atoms with Crippen molar-refractivity contribution in [3.8, 4) is 0 Å². The maximum Gasteiger partial charge on any atom is 0.306 e. The van der Waals surface area contributed by atoms with Gasteiger partial charge in [-0.3, -0.25) is 9.59 Å². The summed E-state index contributed by atoms with van der Waals surface area (Å²) in [4.78, 5) is 24.3. The predicted octanol–water partition coefficient (Wildman–Crippen LogP) is 12.8. The molecular weight excluding hydrogens is 608 g/mol. The van der Waals surface area contributed by atoms with Gasteiger partial charge in [0.2, 0.25) is 0 Å². The smallest absolute Gasteiger partial charge is 0.306 e. The van der Waals surface area contributed by atoms with Crippen LogP contribution in [-0.2, 0) is 19.1 Å². The number of allylic oxidation sites excluding steroid dienone is 10. The highest BCUT2D eigenvalue weighted by atomic mass is 16.6. The zero-order valence-electron chi connectivity index (χ0n) is 31.9. The summed E-state index contributed by atoms with van der Waals surface area (Å²) < 4.78 is 10.6. The maximum atomic E-state index is 12.2. The van der Waals surface area contributed by atoms with Gasteiger partial charge in [0.05, 0.1) is 6.61 Å². The van der Waals surface area contributed by atoms with Gasteiger partial charge in [-0.15, -0.1) is 0 Å². The number of esters is 2. The van der Waals surface area contributed by atoms with Crippen LogP contribution in [0.1, 0.15) is 187 Å². The molecule has 0 aromatic rings. The third-order valence-electron chi connectivity index (χ3n) is 8.58. The lowest BCUT2D eigenvalue weighted by Crippen LogP contribution is -2.28. The third-order valence-corrected chi connectivity index (χ3v) is 8.58. The molecule has 1 atom stereocenters. The van der Waals surface area contributed by atoms with Crippen LogP contribution in [0.3, 0.4) is 0 Å². The van der Waals surface area contributed by atoms with E-state index in [9.17, 15) is 14.7 Å². The first kappa shape index (κ1) is 46.6. The van der Waals surface area contributed by atoms with Gasteiger partial charge in [0, 0.05) is 12.8 Å². The van der Waals surface area contributed by atoms with Crippen molar-refractivity contribution in [2.75, 3.05) is 13.2 Å². The summed E-state index contributed by atoms with van der Waals surface area (Å²) >= 11 is 0. The number of carbonyl (C=O) groups excluding carboxylic acids is 2. The molecule has 0 aliphatic carbocycles. The lowest BCUT2D eigenvalue weighted by molar-refractivity contribution is -0.161. The predicted molar refractivity (Wildman–Crippen MR) is 210 cm³/mol. The van der Waals surface area contributed by atoms with Crippen molar-refractivity contribution in [2.45, 2.75) is 193 Å². The number of rotatable bonds is 36. The molecule has 0 saturated carbocycles. The average molecular weight is 685 g/mol. The van der Waals surface area contributed by atoms with Gasteiger partial charge in [0.15, 0.2) is 6.10 Å². The van der Waals surface area contributed by atoms with E-state index in [1.807, 2.05) is 0 Å². The van der Waals surface area contributed by atoms with Crippen LogP contribution in [0.2, 0.25) is 0 Å². The summed E-state index contributed by atoms with van der Waals surface area (Å²) in [6, 6.07) is 0. The molecule has 0 aromatic heterocycles. The molecule has 0 fully saturated rings. The first-order valence-corrected chi connectivity index (χ1v) is 20.3. The second kappa shape index (κ2) is 40.0. The molecule has 5 nitrogen and oxygen atoms in total. The molecule has 0 amide bonds. The maximum absolute atomic E-state index is 12.2. The van der Waals surface area contributed by atoms with E-state index < -0.39 is 6.10 Å². The molecule has 0 aromatic carbocycles. The van der Waals surface area contributed by atoms with Crippen molar-refractivity contribution in [3.05, 3.63) is 60.8 Å². The molecule has 0 radical (unpaired) electrons. The molecule has 0 heterocycles. The fourth-order valence-electron chi connectivity index (χ4n) is 5.52. The molecule has 0 rings (SSSR count). The number of ether oxygens (including phenoxy) is 2. The first-order valence-electron chi connectivity index (χ1n) is 20.3. The van der Waals surface area contributed by atoms with Crippen LogP contribution >= 0.6 is 0 Å². The highest BCUT2D eigenvalue weighted by Gasteiger charge is 2.16. The van der Waals surface area contributed by atoms with Gasteiger partial charge in [0.25, 0.3) is 0 Å². The Kier molecular flexibility index (Phi) is 38.1. The number of hydrogen-bond acceptors (Lipinski definition) is 5. The minimum atomic E-state index is -0.781. The SMILES string of the molecule is CC/C=C\C/C=C\C/C=C\C/C=C\C/C=C\CCCCCCCC(=O)OC(CO)COC(=O)CCCCCCCCCCCCCCCC. The molecule has 5 heteroatoms. The van der Waals surface area contributed by atoms with E-state index in [-0.39, 0.29) is 25.2 Å². The van der Waals surface area contributed by atoms with E-state index in [1.54, 1.807) is 0 Å². The molecule has 1 unspecified atom stereocenters. The summed E-state index contributed by atoms with van der Waals surface area (Å²) in [7, 11) is 0. The van der Waals surface area contributed by atoms with Crippen LogP contribution in [0.25, 0.3) is 0 Å². The molecule has 49 heavy (non-hydrogen) atoms. The molecule has 0 saturated heterocycles. The van der Waals surface area contributed by atoms with Crippen LogP contribution in [-0.4, -0.2) is 36.4 Å². The normalized spacial score (nSPS) is 12.8. The standard InChI is InChI=1S/C44H76O5/c1-3-5-7-9-11-13-15-17-19-20-21-22-23-24-25-27-29-31-33-35-37-39-44(47)49-42(40-45)41-48-43(46)38-36-34-32-30-28-26-18-16-14-12-10-8-6-4-2/h5,7,11,13,17,19,21-22,24-25,42,45H,3-4,6,8-10,12,14-16,18,20,23,26-41H2,1-2H3/b7-5-,13-11-,19-17-,22-21-,25-24-. The molecule has 0 spiro atoms. The van der Waals surface area contributed by atoms with E-state index in [1.165, 1.54) is 70.6 Å². The Balaban J connectivity index is 3.61. The van der Waals surface area contributed by atoms with Crippen molar-refractivity contribution in [1.82, 2.24) is 0 Å². The zero-order chi connectivity index (χ0) is 35.7. The van der Waals surface area contributed by atoms with Crippen LogP contribution in [0, 0.1) is 0 Å². The van der Waals surface area contributed by atoms with E-state index in [0.717, 1.165) is 89.9 Å². The van der Waals surface area contributed by atoms with Crippen LogP contribution < -0.4 is 0 Å². The molecule has 0 bridgehead atoms. The average Bonchev–Trinajstić information content (AvgIpc) is 3.10. The minimum Gasteiger partial charge on any atom is -0.462 e. The zero-order valence-corrected chi connectivity index (χ0v) is 31.9. The number of aliphatic hydroxyl groups is 1. The highest BCUT2D eigenvalue weighted by molar-refractivity contribution is 5.70. The Bertz CT molecular complexity index is 869. The molecule has 1 N–H and O–H groups in total. The Morgan fingerprint density at radius 3 is 1.33 bits per heavy atom. The van der Waals surface area contributed by atoms with E-state index in [2.05, 4.69) is 74.6 Å². The van der Waals surface area contributed by atoms with Crippen LogP contribution in [0.5, 0.6) is 0 Å². The van der Waals surface area contributed by atoms with Crippen LogP contribution in [0.15, 0.2) is 60.8 Å². The lowest BCUT2D eigenvalue weighted by atomic mass is 10.0. The number of unbranched alkanes of at least 4 members (excludes halogenated alkanes) is 18. The second-order valence-electron chi connectivity index (χ2n) is 13.3. The van der Waals surface area contributed by atoms with Gasteiger partial charge in [-0.2, -0.15) is 0 Å². The summed E-state index contributed by atoms with van der Waals surface area (Å²) in [5, 5.41) is 9.56. The van der Waals surface area contributed by atoms with Crippen molar-refractivity contribution in [2.24, 2.45) is 0 Å². The Hall–Kier alpha value is -2.40. The first-order chi connectivity index (χ1) is 24.1. The van der Waals surface area contributed by atoms with E-state index >= 15 is 0 Å². The second-order valence-corrected chi connectivity index (χ2v) is 13.3. The minimum absolute atomic E-state index is 0.0739. The van der Waals surface area contributed by atoms with Crippen molar-refractivity contribution >= 4 is 11.9 Å². The van der Waals surface area contributed by atoms with Gasteiger partial charge >= 0.3 is 11.9 Å². The quantitative estimate of drug-likeness (QED) is 0.0404. The third kappa shape index (κ3) is 38.3. The highest BCUT2D eigenvalue weighted by Crippen LogP contribution is 2.14. The van der Waals surface area contributed by atoms with E-state index in [0.29, 0.717) is 12.8 Å². The Morgan fingerprint density at radius 1 is 0.490 bits per heavy atom.